The first-order valence-electron chi connectivity index (χ1n) is 12.4. The lowest BCUT2D eigenvalue weighted by Crippen LogP contribution is -2.51. The Hall–Kier alpha value is -3.49. The zero-order chi connectivity index (χ0) is 24.6. The van der Waals surface area contributed by atoms with E-state index in [0.29, 0.717) is 38.3 Å². The maximum atomic E-state index is 13.1. The van der Waals surface area contributed by atoms with Crippen molar-refractivity contribution >= 4 is 17.7 Å². The van der Waals surface area contributed by atoms with E-state index >= 15 is 0 Å². The molecule has 0 unspecified atom stereocenters. The molecule has 1 aromatic heterocycles. The van der Waals surface area contributed by atoms with Crippen molar-refractivity contribution in [3.63, 3.8) is 0 Å². The molecule has 1 aliphatic heterocycles. The molecule has 186 valence electrons. The first-order chi connectivity index (χ1) is 17.0. The zero-order valence-electron chi connectivity index (χ0n) is 20.0. The van der Waals surface area contributed by atoms with E-state index in [-0.39, 0.29) is 29.6 Å². The van der Waals surface area contributed by atoms with E-state index in [4.69, 9.17) is 10.5 Å². The Bertz CT molecular complexity index is 1050. The molecule has 0 radical (unpaired) electrons. The van der Waals surface area contributed by atoms with Gasteiger partial charge in [-0.2, -0.15) is 0 Å². The number of aromatic nitrogens is 2. The van der Waals surface area contributed by atoms with E-state index in [1.54, 1.807) is 21.9 Å². The molecule has 2 aromatic rings. The number of piperazine rings is 1. The van der Waals surface area contributed by atoms with Gasteiger partial charge >= 0.3 is 0 Å². The molecular formula is C26H33N5O4. The summed E-state index contributed by atoms with van der Waals surface area (Å²) in [4.78, 5) is 48.8. The third kappa shape index (κ3) is 6.55. The monoisotopic (exact) mass is 479 g/mol. The van der Waals surface area contributed by atoms with Crippen LogP contribution in [0.4, 0.5) is 0 Å². The number of carbonyl (C=O) groups excluding carboxylic acids is 3. The molecule has 1 saturated heterocycles. The lowest BCUT2D eigenvalue weighted by atomic mass is 9.87. The first kappa shape index (κ1) is 24.6. The van der Waals surface area contributed by atoms with Crippen molar-refractivity contribution < 1.29 is 19.1 Å². The van der Waals surface area contributed by atoms with Crippen molar-refractivity contribution in [3.05, 3.63) is 53.6 Å². The summed E-state index contributed by atoms with van der Waals surface area (Å²) in [6.07, 6.45) is 10.4. The van der Waals surface area contributed by atoms with Crippen LogP contribution in [0.25, 0.3) is 0 Å². The van der Waals surface area contributed by atoms with Gasteiger partial charge < -0.3 is 20.3 Å². The molecule has 35 heavy (non-hydrogen) atoms. The minimum atomic E-state index is -0.712. The quantitative estimate of drug-likeness (QED) is 0.621. The highest BCUT2D eigenvalue weighted by molar-refractivity contribution is 5.95. The Labute approximate surface area is 205 Å². The standard InChI is InChI=1S/C26H33N5O4/c27-25(33)24-22(28-10-11-29-24)18-23(32)30-12-14-31(15-13-30)26(34)20-7-4-8-21(17-20)35-16-9-19-5-2-1-3-6-19/h4,7-8,10-11,17,19H,1-3,5-6,9,12-16,18H2,(H2,27,33). The molecule has 9 nitrogen and oxygen atoms in total. The topological polar surface area (TPSA) is 119 Å². The van der Waals surface area contributed by atoms with Gasteiger partial charge in [-0.3, -0.25) is 19.4 Å². The van der Waals surface area contributed by atoms with Gasteiger partial charge in [-0.1, -0.05) is 38.2 Å². The van der Waals surface area contributed by atoms with Gasteiger partial charge in [0.1, 0.15) is 11.4 Å². The van der Waals surface area contributed by atoms with Crippen LogP contribution in [0.1, 0.15) is 65.1 Å². The van der Waals surface area contributed by atoms with Crippen LogP contribution in [0.5, 0.6) is 5.75 Å². The van der Waals surface area contributed by atoms with Gasteiger partial charge in [0, 0.05) is 44.1 Å². The third-order valence-corrected chi connectivity index (χ3v) is 6.85. The second kappa shape index (κ2) is 11.8. The van der Waals surface area contributed by atoms with Crippen LogP contribution in [0, 0.1) is 5.92 Å². The Morgan fingerprint density at radius 2 is 1.69 bits per heavy atom. The van der Waals surface area contributed by atoms with E-state index < -0.39 is 5.91 Å². The molecule has 2 heterocycles. The number of primary amides is 1. The highest BCUT2D eigenvalue weighted by atomic mass is 16.5. The predicted molar refractivity (Wildman–Crippen MR) is 130 cm³/mol. The van der Waals surface area contributed by atoms with E-state index in [1.807, 2.05) is 12.1 Å². The number of benzene rings is 1. The average Bonchev–Trinajstić information content (AvgIpc) is 2.89. The van der Waals surface area contributed by atoms with Crippen LogP contribution in [-0.2, 0) is 11.2 Å². The van der Waals surface area contributed by atoms with E-state index in [1.165, 1.54) is 44.5 Å². The SMILES string of the molecule is NC(=O)c1nccnc1CC(=O)N1CCN(C(=O)c2cccc(OCCC3CCCCC3)c2)CC1. The van der Waals surface area contributed by atoms with Crippen molar-refractivity contribution in [1.29, 1.82) is 0 Å². The minimum Gasteiger partial charge on any atom is -0.494 e. The van der Waals surface area contributed by atoms with E-state index in [9.17, 15) is 14.4 Å². The van der Waals surface area contributed by atoms with Crippen molar-refractivity contribution in [1.82, 2.24) is 19.8 Å². The van der Waals surface area contributed by atoms with Crippen molar-refractivity contribution in [2.24, 2.45) is 11.7 Å². The summed E-state index contributed by atoms with van der Waals surface area (Å²) >= 11 is 0. The van der Waals surface area contributed by atoms with Crippen LogP contribution in [0.2, 0.25) is 0 Å². The fraction of sp³-hybridized carbons (Fsp3) is 0.500. The third-order valence-electron chi connectivity index (χ3n) is 6.85. The Morgan fingerprint density at radius 3 is 2.43 bits per heavy atom. The average molecular weight is 480 g/mol. The molecule has 1 saturated carbocycles. The molecule has 2 aliphatic rings. The molecule has 0 atom stereocenters. The molecule has 0 bridgehead atoms. The number of ether oxygens (including phenoxy) is 1. The van der Waals surface area contributed by atoms with Gasteiger partial charge in [-0.25, -0.2) is 4.98 Å². The number of hydrogen-bond acceptors (Lipinski definition) is 6. The smallest absolute Gasteiger partial charge is 0.269 e. The van der Waals surface area contributed by atoms with E-state index in [0.717, 1.165) is 18.1 Å². The number of hydrogen-bond donors (Lipinski definition) is 1. The predicted octanol–water partition coefficient (Wildman–Crippen LogP) is 2.45. The van der Waals surface area contributed by atoms with Gasteiger partial charge in [0.15, 0.2) is 0 Å². The molecule has 9 heteroatoms. The Kier molecular flexibility index (Phi) is 8.28. The number of nitrogens with zero attached hydrogens (tertiary/aromatic N) is 4. The highest BCUT2D eigenvalue weighted by Gasteiger charge is 2.26. The fourth-order valence-corrected chi connectivity index (χ4v) is 4.84. The summed E-state index contributed by atoms with van der Waals surface area (Å²) in [5.41, 5.74) is 6.19. The second-order valence-electron chi connectivity index (χ2n) is 9.23. The van der Waals surface area contributed by atoms with Gasteiger partial charge in [0.2, 0.25) is 5.91 Å². The molecule has 0 spiro atoms. The minimum absolute atomic E-state index is 0.00973. The first-order valence-corrected chi connectivity index (χ1v) is 12.4. The molecule has 3 amide bonds. The fourth-order valence-electron chi connectivity index (χ4n) is 4.84. The Balaban J connectivity index is 1.27. The lowest BCUT2D eigenvalue weighted by Gasteiger charge is -2.35. The number of amides is 3. The summed E-state index contributed by atoms with van der Waals surface area (Å²) in [7, 11) is 0. The number of carbonyl (C=O) groups is 3. The summed E-state index contributed by atoms with van der Waals surface area (Å²) in [5, 5.41) is 0. The lowest BCUT2D eigenvalue weighted by molar-refractivity contribution is -0.132. The normalized spacial score (nSPS) is 16.7. The maximum Gasteiger partial charge on any atom is 0.269 e. The second-order valence-corrected chi connectivity index (χ2v) is 9.23. The largest absolute Gasteiger partial charge is 0.494 e. The van der Waals surface area contributed by atoms with E-state index in [2.05, 4.69) is 9.97 Å². The zero-order valence-corrected chi connectivity index (χ0v) is 20.0. The van der Waals surface area contributed by atoms with Crippen LogP contribution in [0.15, 0.2) is 36.7 Å². The maximum absolute atomic E-state index is 13.1. The van der Waals surface area contributed by atoms with Gasteiger partial charge in [0.05, 0.1) is 18.7 Å². The van der Waals surface area contributed by atoms with Crippen molar-refractivity contribution in [2.45, 2.75) is 44.9 Å². The van der Waals surface area contributed by atoms with Crippen LogP contribution in [-0.4, -0.2) is 70.3 Å². The number of rotatable bonds is 8. The summed E-state index contributed by atoms with van der Waals surface area (Å²) in [6.45, 7) is 2.36. The molecular weight excluding hydrogens is 446 g/mol. The number of nitrogens with two attached hydrogens (primary N) is 1. The van der Waals surface area contributed by atoms with Crippen molar-refractivity contribution in [3.8, 4) is 5.75 Å². The molecule has 2 N–H and O–H groups in total. The van der Waals surface area contributed by atoms with Gasteiger partial charge in [-0.05, 0) is 30.5 Å². The van der Waals surface area contributed by atoms with Crippen molar-refractivity contribution in [2.75, 3.05) is 32.8 Å². The van der Waals surface area contributed by atoms with Gasteiger partial charge in [0.25, 0.3) is 11.8 Å². The molecule has 2 fully saturated rings. The summed E-state index contributed by atoms with van der Waals surface area (Å²) in [5.74, 6) is 0.517. The highest BCUT2D eigenvalue weighted by Crippen LogP contribution is 2.26. The molecule has 4 rings (SSSR count). The van der Waals surface area contributed by atoms with Crippen LogP contribution < -0.4 is 10.5 Å². The summed E-state index contributed by atoms with van der Waals surface area (Å²) in [6, 6.07) is 7.34. The molecule has 1 aromatic carbocycles. The molecule has 1 aliphatic carbocycles. The van der Waals surface area contributed by atoms with Crippen LogP contribution >= 0.6 is 0 Å². The Morgan fingerprint density at radius 1 is 0.971 bits per heavy atom. The summed E-state index contributed by atoms with van der Waals surface area (Å²) < 4.78 is 5.95. The van der Waals surface area contributed by atoms with Gasteiger partial charge in [-0.15, -0.1) is 0 Å². The van der Waals surface area contributed by atoms with Crippen LogP contribution in [0.3, 0.4) is 0 Å².